The molecule has 0 spiro atoms. The minimum Gasteiger partial charge on any atom is -0.441 e. The number of hydrogen-bond acceptors (Lipinski definition) is 4. The molecule has 0 aliphatic rings. The lowest BCUT2D eigenvalue weighted by Crippen LogP contribution is -2.11. The number of aromatic nitrogens is 3. The minimum absolute atomic E-state index is 0.196. The van der Waals surface area contributed by atoms with Crippen molar-refractivity contribution in [3.63, 3.8) is 0 Å². The first-order valence-corrected chi connectivity index (χ1v) is 9.07. The molecule has 140 valence electrons. The van der Waals surface area contributed by atoms with Crippen LogP contribution in [0.5, 0.6) is 0 Å². The molecule has 0 fully saturated rings. The highest BCUT2D eigenvalue weighted by molar-refractivity contribution is 6.30. The van der Waals surface area contributed by atoms with Gasteiger partial charge in [0.25, 0.3) is 5.91 Å². The fourth-order valence-corrected chi connectivity index (χ4v) is 2.87. The number of benzene rings is 2. The molecule has 4 rings (SSSR count). The maximum atomic E-state index is 12.3. The van der Waals surface area contributed by atoms with Gasteiger partial charge in [-0.25, -0.2) is 4.98 Å². The van der Waals surface area contributed by atoms with Gasteiger partial charge in [-0.05, 0) is 61.5 Å². The van der Waals surface area contributed by atoms with Crippen LogP contribution in [0.15, 0.2) is 71.4 Å². The summed E-state index contributed by atoms with van der Waals surface area (Å²) in [6, 6.07) is 16.0. The number of hydrogen-bond donors (Lipinski definition) is 1. The SMILES string of the molecule is Cc1oc(-c2ccc(NC(=O)c3ccc(Cl)cc3)cc2)nc1Cn1cccn1. The normalized spacial score (nSPS) is 10.8. The predicted octanol–water partition coefficient (Wildman–Crippen LogP) is 4.80. The van der Waals surface area contributed by atoms with Crippen LogP contribution in [-0.4, -0.2) is 20.7 Å². The van der Waals surface area contributed by atoms with Crippen molar-refractivity contribution < 1.29 is 9.21 Å². The molecule has 6 nitrogen and oxygen atoms in total. The van der Waals surface area contributed by atoms with Gasteiger partial charge in [0, 0.05) is 34.2 Å². The zero-order valence-electron chi connectivity index (χ0n) is 15.1. The molecule has 0 bridgehead atoms. The van der Waals surface area contributed by atoms with Crippen LogP contribution in [0, 0.1) is 6.92 Å². The molecule has 0 unspecified atom stereocenters. The average Bonchev–Trinajstić information content (AvgIpc) is 3.33. The third kappa shape index (κ3) is 3.97. The lowest BCUT2D eigenvalue weighted by molar-refractivity contribution is 0.102. The summed E-state index contributed by atoms with van der Waals surface area (Å²) in [5.74, 6) is 1.10. The highest BCUT2D eigenvalue weighted by Gasteiger charge is 2.13. The van der Waals surface area contributed by atoms with Gasteiger partial charge in [-0.15, -0.1) is 0 Å². The van der Waals surface area contributed by atoms with E-state index in [1.165, 1.54) is 0 Å². The molecule has 1 amide bonds. The van der Waals surface area contributed by atoms with Crippen molar-refractivity contribution in [2.75, 3.05) is 5.32 Å². The average molecular weight is 393 g/mol. The maximum Gasteiger partial charge on any atom is 0.255 e. The Kier molecular flexibility index (Phi) is 4.95. The molecule has 0 aliphatic carbocycles. The highest BCUT2D eigenvalue weighted by Crippen LogP contribution is 2.24. The zero-order valence-corrected chi connectivity index (χ0v) is 15.8. The van der Waals surface area contributed by atoms with E-state index >= 15 is 0 Å². The standard InChI is InChI=1S/C21H17ClN4O2/c1-14-19(13-26-12-2-11-23-26)25-21(28-14)16-5-9-18(10-6-16)24-20(27)15-3-7-17(22)8-4-15/h2-12H,13H2,1H3,(H,24,27). The summed E-state index contributed by atoms with van der Waals surface area (Å²) in [5, 5.41) is 7.64. The van der Waals surface area contributed by atoms with E-state index in [1.54, 1.807) is 35.1 Å². The molecule has 28 heavy (non-hydrogen) atoms. The smallest absolute Gasteiger partial charge is 0.255 e. The number of anilines is 1. The van der Waals surface area contributed by atoms with Crippen molar-refractivity contribution in [1.82, 2.24) is 14.8 Å². The van der Waals surface area contributed by atoms with Crippen molar-refractivity contribution in [3.8, 4) is 11.5 Å². The summed E-state index contributed by atoms with van der Waals surface area (Å²) >= 11 is 5.85. The molecule has 0 atom stereocenters. The summed E-state index contributed by atoms with van der Waals surface area (Å²) in [4.78, 5) is 16.9. The number of carbonyl (C=O) groups is 1. The molecule has 7 heteroatoms. The Bertz CT molecular complexity index is 1080. The first-order valence-electron chi connectivity index (χ1n) is 8.69. The van der Waals surface area contributed by atoms with E-state index in [1.807, 2.05) is 43.5 Å². The molecule has 2 aromatic carbocycles. The lowest BCUT2D eigenvalue weighted by Gasteiger charge is -2.06. The summed E-state index contributed by atoms with van der Waals surface area (Å²) in [7, 11) is 0. The van der Waals surface area contributed by atoms with Crippen LogP contribution in [0.3, 0.4) is 0 Å². The van der Waals surface area contributed by atoms with E-state index in [0.717, 1.165) is 17.0 Å². The molecular formula is C21H17ClN4O2. The van der Waals surface area contributed by atoms with Gasteiger partial charge in [0.05, 0.1) is 6.54 Å². The van der Waals surface area contributed by atoms with E-state index < -0.39 is 0 Å². The molecule has 2 heterocycles. The van der Waals surface area contributed by atoms with Gasteiger partial charge in [0.15, 0.2) is 0 Å². The Morgan fingerprint density at radius 1 is 1.14 bits per heavy atom. The molecular weight excluding hydrogens is 376 g/mol. The van der Waals surface area contributed by atoms with Crippen LogP contribution in [-0.2, 0) is 6.54 Å². The Morgan fingerprint density at radius 3 is 2.57 bits per heavy atom. The monoisotopic (exact) mass is 392 g/mol. The lowest BCUT2D eigenvalue weighted by atomic mass is 10.2. The minimum atomic E-state index is -0.196. The summed E-state index contributed by atoms with van der Waals surface area (Å²) < 4.78 is 7.59. The van der Waals surface area contributed by atoms with Crippen molar-refractivity contribution in [1.29, 1.82) is 0 Å². The van der Waals surface area contributed by atoms with Crippen molar-refractivity contribution in [3.05, 3.63) is 89.0 Å². The quantitative estimate of drug-likeness (QED) is 0.529. The Labute approximate surface area is 166 Å². The van der Waals surface area contributed by atoms with Gasteiger partial charge in [-0.2, -0.15) is 5.10 Å². The topological polar surface area (TPSA) is 73.0 Å². The largest absolute Gasteiger partial charge is 0.441 e. The number of halogens is 1. The third-order valence-corrected chi connectivity index (χ3v) is 4.51. The van der Waals surface area contributed by atoms with E-state index in [4.69, 9.17) is 16.0 Å². The number of rotatable bonds is 5. The van der Waals surface area contributed by atoms with Gasteiger partial charge < -0.3 is 9.73 Å². The Balaban J connectivity index is 1.47. The molecule has 0 aliphatic heterocycles. The highest BCUT2D eigenvalue weighted by atomic mass is 35.5. The summed E-state index contributed by atoms with van der Waals surface area (Å²) in [5.41, 5.74) is 2.89. The number of carbonyl (C=O) groups excluding carboxylic acids is 1. The predicted molar refractivity (Wildman–Crippen MR) is 107 cm³/mol. The van der Waals surface area contributed by atoms with Crippen LogP contribution in [0.4, 0.5) is 5.69 Å². The van der Waals surface area contributed by atoms with Gasteiger partial charge in [0.1, 0.15) is 11.5 Å². The van der Waals surface area contributed by atoms with Crippen LogP contribution in [0.25, 0.3) is 11.5 Å². The number of nitrogens with one attached hydrogen (secondary N) is 1. The second-order valence-corrected chi connectivity index (χ2v) is 6.70. The van der Waals surface area contributed by atoms with Gasteiger partial charge in [-0.1, -0.05) is 11.6 Å². The number of aryl methyl sites for hydroxylation is 1. The molecule has 1 N–H and O–H groups in total. The fourth-order valence-electron chi connectivity index (χ4n) is 2.75. The van der Waals surface area contributed by atoms with Crippen LogP contribution < -0.4 is 5.32 Å². The van der Waals surface area contributed by atoms with Gasteiger partial charge in [0.2, 0.25) is 5.89 Å². The van der Waals surface area contributed by atoms with Crippen molar-refractivity contribution in [2.45, 2.75) is 13.5 Å². The molecule has 0 saturated heterocycles. The second-order valence-electron chi connectivity index (χ2n) is 6.26. The fraction of sp³-hybridized carbons (Fsp3) is 0.0952. The van der Waals surface area contributed by atoms with E-state index in [9.17, 15) is 4.79 Å². The molecule has 0 radical (unpaired) electrons. The Morgan fingerprint density at radius 2 is 1.89 bits per heavy atom. The van der Waals surface area contributed by atoms with Crippen LogP contribution >= 0.6 is 11.6 Å². The van der Waals surface area contributed by atoms with E-state index in [-0.39, 0.29) is 5.91 Å². The van der Waals surface area contributed by atoms with Gasteiger partial charge in [-0.3, -0.25) is 9.48 Å². The number of oxazole rings is 1. The van der Waals surface area contributed by atoms with Crippen molar-refractivity contribution >= 4 is 23.2 Å². The van der Waals surface area contributed by atoms with Crippen LogP contribution in [0.2, 0.25) is 5.02 Å². The molecule has 0 saturated carbocycles. The first-order chi connectivity index (χ1) is 13.6. The zero-order chi connectivity index (χ0) is 19.5. The second kappa shape index (κ2) is 7.70. The van der Waals surface area contributed by atoms with Crippen molar-refractivity contribution in [2.24, 2.45) is 0 Å². The third-order valence-electron chi connectivity index (χ3n) is 4.26. The Hall–Kier alpha value is -3.38. The van der Waals surface area contributed by atoms with E-state index in [0.29, 0.717) is 28.7 Å². The first kappa shape index (κ1) is 18.0. The molecule has 2 aromatic heterocycles. The summed E-state index contributed by atoms with van der Waals surface area (Å²) in [6.45, 7) is 2.44. The molecule has 4 aromatic rings. The van der Waals surface area contributed by atoms with Gasteiger partial charge >= 0.3 is 0 Å². The van der Waals surface area contributed by atoms with E-state index in [2.05, 4.69) is 15.4 Å². The summed E-state index contributed by atoms with van der Waals surface area (Å²) in [6.07, 6.45) is 3.61. The number of nitrogens with zero attached hydrogens (tertiary/aromatic N) is 3. The maximum absolute atomic E-state index is 12.3. The number of amides is 1. The van der Waals surface area contributed by atoms with Crippen LogP contribution in [0.1, 0.15) is 21.8 Å².